The second-order valence-corrected chi connectivity index (χ2v) is 8.34. The Balaban J connectivity index is 1.97. The summed E-state index contributed by atoms with van der Waals surface area (Å²) < 4.78 is 5.39. The molecule has 0 N–H and O–H groups in total. The van der Waals surface area contributed by atoms with Crippen molar-refractivity contribution in [2.24, 2.45) is 0 Å². The highest BCUT2D eigenvalue weighted by atomic mass is 16.6. The molecule has 2 aromatic rings. The quantitative estimate of drug-likeness (QED) is 0.380. The second kappa shape index (κ2) is 9.09. The number of ketones is 1. The summed E-state index contributed by atoms with van der Waals surface area (Å²) in [4.78, 5) is 53.8. The van der Waals surface area contributed by atoms with E-state index < -0.39 is 34.5 Å². The molecule has 2 amide bonds. The number of imide groups is 1. The van der Waals surface area contributed by atoms with Crippen LogP contribution in [0.15, 0.2) is 60.8 Å². The molecule has 0 fully saturated rings. The predicted octanol–water partition coefficient (Wildman–Crippen LogP) is 4.05. The van der Waals surface area contributed by atoms with Crippen LogP contribution >= 0.6 is 0 Å². The highest BCUT2D eigenvalue weighted by Crippen LogP contribution is 2.34. The predicted molar refractivity (Wildman–Crippen MR) is 115 cm³/mol. The van der Waals surface area contributed by atoms with E-state index in [-0.39, 0.29) is 23.6 Å². The summed E-state index contributed by atoms with van der Waals surface area (Å²) in [5.74, 6) is -1.49. The Morgan fingerprint density at radius 2 is 1.88 bits per heavy atom. The lowest BCUT2D eigenvalue weighted by atomic mass is 9.86. The van der Waals surface area contributed by atoms with Crippen molar-refractivity contribution in [1.29, 1.82) is 0 Å². The molecule has 0 saturated heterocycles. The van der Waals surface area contributed by atoms with Gasteiger partial charge in [-0.2, -0.15) is 0 Å². The van der Waals surface area contributed by atoms with E-state index in [1.165, 1.54) is 36.5 Å². The number of pyridine rings is 1. The van der Waals surface area contributed by atoms with Gasteiger partial charge in [-0.05, 0) is 38.5 Å². The van der Waals surface area contributed by atoms with E-state index >= 15 is 0 Å². The fourth-order valence-corrected chi connectivity index (χ4v) is 3.44. The Labute approximate surface area is 184 Å². The third-order valence-electron chi connectivity index (χ3n) is 4.86. The van der Waals surface area contributed by atoms with Crippen molar-refractivity contribution in [2.75, 3.05) is 0 Å². The second-order valence-electron chi connectivity index (χ2n) is 8.34. The molecule has 0 unspecified atom stereocenters. The maximum Gasteiger partial charge on any atom is 0.417 e. The lowest BCUT2D eigenvalue weighted by Gasteiger charge is -2.31. The maximum atomic E-state index is 12.9. The number of carbonyl (C=O) groups is 3. The van der Waals surface area contributed by atoms with E-state index in [4.69, 9.17) is 4.74 Å². The first kappa shape index (κ1) is 22.8. The molecule has 0 aliphatic carbocycles. The molecule has 1 aromatic carbocycles. The molecule has 2 atom stereocenters. The molecule has 0 saturated carbocycles. The monoisotopic (exact) mass is 437 g/mol. The summed E-state index contributed by atoms with van der Waals surface area (Å²) in [6, 6.07) is 9.86. The van der Waals surface area contributed by atoms with Crippen molar-refractivity contribution in [3.8, 4) is 0 Å². The van der Waals surface area contributed by atoms with Gasteiger partial charge in [0.05, 0.1) is 11.0 Å². The summed E-state index contributed by atoms with van der Waals surface area (Å²) in [6.07, 6.45) is 3.41. The van der Waals surface area contributed by atoms with Crippen LogP contribution in [-0.4, -0.2) is 44.2 Å². The number of nitro groups is 1. The molecular formula is C23H23N3O6. The van der Waals surface area contributed by atoms with Gasteiger partial charge in [0.2, 0.25) is 0 Å². The van der Waals surface area contributed by atoms with Crippen LogP contribution in [-0.2, 0) is 9.53 Å². The van der Waals surface area contributed by atoms with Crippen molar-refractivity contribution in [3.05, 3.63) is 82.2 Å². The molecule has 32 heavy (non-hydrogen) atoms. The van der Waals surface area contributed by atoms with Crippen molar-refractivity contribution in [2.45, 2.75) is 44.8 Å². The smallest absolute Gasteiger partial charge is 0.417 e. The molecule has 0 spiro atoms. The molecule has 0 radical (unpaired) electrons. The lowest BCUT2D eigenvalue weighted by Crippen LogP contribution is -2.45. The number of nitro benzene ring substituents is 1. The number of carbonyl (C=O) groups excluding carboxylic acids is 3. The average Bonchev–Trinajstić information content (AvgIpc) is 3.12. The van der Waals surface area contributed by atoms with Crippen LogP contribution in [0, 0.1) is 10.1 Å². The Bertz CT molecular complexity index is 1060. The number of non-ortho nitro benzene ring substituents is 1. The molecule has 9 nitrogen and oxygen atoms in total. The van der Waals surface area contributed by atoms with E-state index in [9.17, 15) is 24.5 Å². The zero-order chi connectivity index (χ0) is 23.5. The highest BCUT2D eigenvalue weighted by Gasteiger charge is 2.40. The first-order chi connectivity index (χ1) is 15.1. The van der Waals surface area contributed by atoms with Gasteiger partial charge < -0.3 is 4.74 Å². The number of hydrogen-bond acceptors (Lipinski definition) is 7. The van der Waals surface area contributed by atoms with E-state index in [2.05, 4.69) is 4.98 Å². The molecule has 1 aliphatic rings. The van der Waals surface area contributed by atoms with Gasteiger partial charge in [-0.3, -0.25) is 24.7 Å². The van der Waals surface area contributed by atoms with Gasteiger partial charge in [-0.1, -0.05) is 24.3 Å². The number of rotatable bonds is 6. The molecule has 3 rings (SSSR count). The van der Waals surface area contributed by atoms with E-state index in [0.29, 0.717) is 5.56 Å². The first-order valence-corrected chi connectivity index (χ1v) is 10.00. The van der Waals surface area contributed by atoms with Crippen molar-refractivity contribution in [1.82, 2.24) is 9.88 Å². The van der Waals surface area contributed by atoms with Gasteiger partial charge in [0.25, 0.3) is 11.6 Å². The van der Waals surface area contributed by atoms with Crippen molar-refractivity contribution >= 4 is 23.5 Å². The Morgan fingerprint density at radius 3 is 2.44 bits per heavy atom. The number of Topliss-reactive ketones (excluding diaryl/α,β-unsaturated/α-hetero) is 1. The largest absolute Gasteiger partial charge is 0.443 e. The SMILES string of the molecule is CC(C)(C)OC(=O)N1C(=O)C=C[C@H]1[C@H](CC(=O)c1ccccn1)c1ccc([N+](=O)[O-])cc1. The third kappa shape index (κ3) is 5.23. The average molecular weight is 437 g/mol. The zero-order valence-electron chi connectivity index (χ0n) is 17.9. The van der Waals surface area contributed by atoms with E-state index in [1.807, 2.05) is 0 Å². The summed E-state index contributed by atoms with van der Waals surface area (Å²) in [7, 11) is 0. The van der Waals surface area contributed by atoms with Gasteiger partial charge in [-0.25, -0.2) is 9.69 Å². The molecular weight excluding hydrogens is 414 g/mol. The highest BCUT2D eigenvalue weighted by molar-refractivity contribution is 6.02. The normalized spacial score (nSPS) is 16.7. The molecule has 1 aliphatic heterocycles. The summed E-state index contributed by atoms with van der Waals surface area (Å²) in [5.41, 5.74) is -0.114. The molecule has 0 bridgehead atoms. The lowest BCUT2D eigenvalue weighted by molar-refractivity contribution is -0.384. The van der Waals surface area contributed by atoms with Gasteiger partial charge in [0.1, 0.15) is 11.3 Å². The summed E-state index contributed by atoms with van der Waals surface area (Å²) >= 11 is 0. The number of amides is 2. The molecule has 1 aromatic heterocycles. The van der Waals surface area contributed by atoms with Crippen LogP contribution < -0.4 is 0 Å². The Hall–Kier alpha value is -3.88. The van der Waals surface area contributed by atoms with Crippen molar-refractivity contribution in [3.63, 3.8) is 0 Å². The van der Waals surface area contributed by atoms with Crippen LogP contribution in [0.5, 0.6) is 0 Å². The maximum absolute atomic E-state index is 12.9. The number of nitrogens with zero attached hydrogens (tertiary/aromatic N) is 3. The standard InChI is InChI=1S/C23H23N3O6/c1-23(2,3)32-22(29)25-19(11-12-21(25)28)17(14-20(27)18-6-4-5-13-24-18)15-7-9-16(10-8-15)26(30)31/h4-13,17,19H,14H2,1-3H3/t17-,19+/m1/s1. The number of aromatic nitrogens is 1. The van der Waals surface area contributed by atoms with Crippen LogP contribution in [0.4, 0.5) is 10.5 Å². The van der Waals surface area contributed by atoms with E-state index in [0.717, 1.165) is 4.90 Å². The zero-order valence-corrected chi connectivity index (χ0v) is 17.9. The minimum absolute atomic E-state index is 0.0730. The third-order valence-corrected chi connectivity index (χ3v) is 4.86. The van der Waals surface area contributed by atoms with Gasteiger partial charge in [0, 0.05) is 36.7 Å². The Kier molecular flexibility index (Phi) is 6.47. The fourth-order valence-electron chi connectivity index (χ4n) is 3.44. The minimum Gasteiger partial charge on any atom is -0.443 e. The minimum atomic E-state index is -0.824. The van der Waals surface area contributed by atoms with Gasteiger partial charge in [0.15, 0.2) is 5.78 Å². The summed E-state index contributed by atoms with van der Waals surface area (Å²) in [5, 5.41) is 11.0. The number of benzene rings is 1. The fraction of sp³-hybridized carbons (Fsp3) is 0.304. The van der Waals surface area contributed by atoms with Crippen LogP contribution in [0.1, 0.15) is 49.2 Å². The van der Waals surface area contributed by atoms with Gasteiger partial charge in [-0.15, -0.1) is 0 Å². The summed E-state index contributed by atoms with van der Waals surface area (Å²) in [6.45, 7) is 5.06. The van der Waals surface area contributed by atoms with Crippen molar-refractivity contribution < 1.29 is 24.0 Å². The molecule has 2 heterocycles. The van der Waals surface area contributed by atoms with Crippen LogP contribution in [0.3, 0.4) is 0 Å². The van der Waals surface area contributed by atoms with Crippen LogP contribution in [0.25, 0.3) is 0 Å². The number of hydrogen-bond donors (Lipinski definition) is 0. The molecule has 9 heteroatoms. The van der Waals surface area contributed by atoms with E-state index in [1.54, 1.807) is 45.0 Å². The van der Waals surface area contributed by atoms with Crippen LogP contribution in [0.2, 0.25) is 0 Å². The Morgan fingerprint density at radius 1 is 1.19 bits per heavy atom. The topological polar surface area (TPSA) is 120 Å². The number of ether oxygens (including phenoxy) is 1. The first-order valence-electron chi connectivity index (χ1n) is 10.00. The molecule has 166 valence electrons. The van der Waals surface area contributed by atoms with Gasteiger partial charge >= 0.3 is 6.09 Å².